The van der Waals surface area contributed by atoms with E-state index in [4.69, 9.17) is 0 Å². The van der Waals surface area contributed by atoms with E-state index in [-0.39, 0.29) is 62.2 Å². The number of hydrogen-bond donors (Lipinski definition) is 0. The molecule has 4 N–H and O–H groups in total. The molecular weight excluding hydrogens is 103 g/mol. The van der Waals surface area contributed by atoms with Crippen molar-refractivity contribution in [2.24, 2.45) is 0 Å². The van der Waals surface area contributed by atoms with E-state index >= 15 is 0 Å². The molecule has 22 valence electrons. The van der Waals surface area contributed by atoms with Crippen LogP contribution in [-0.4, -0.2) is 40.5 Å². The van der Waals surface area contributed by atoms with Gasteiger partial charge >= 0.3 is 29.6 Å². The minimum atomic E-state index is 0. The fourth-order valence-electron chi connectivity index (χ4n) is 0. The predicted octanol–water partition coefficient (Wildman–Crippen LogP) is -2.30. The van der Waals surface area contributed by atoms with Crippen LogP contribution in [0.3, 0.4) is 0 Å². The van der Waals surface area contributed by atoms with Gasteiger partial charge < -0.3 is 11.0 Å². The molecule has 0 saturated heterocycles. The Bertz CT molecular complexity index is 6.00. The van der Waals surface area contributed by atoms with Gasteiger partial charge in [-0.05, 0) is 0 Å². The Hall–Kier alpha value is 1.63. The zero-order chi connectivity index (χ0) is 0. The summed E-state index contributed by atoms with van der Waals surface area (Å²) < 4.78 is 0. The quantitative estimate of drug-likeness (QED) is 0.313. The Balaban J connectivity index is 0. The first-order chi connectivity index (χ1) is 0. The third-order valence-corrected chi connectivity index (χ3v) is 0. The fourth-order valence-corrected chi connectivity index (χ4v) is 0. The average molecular weight is 108 g/mol. The van der Waals surface area contributed by atoms with Gasteiger partial charge in [-0.1, -0.05) is 0 Å². The summed E-state index contributed by atoms with van der Waals surface area (Å²) in [7, 11) is 0. The van der Waals surface area contributed by atoms with Crippen molar-refractivity contribution in [1.29, 1.82) is 0 Å². The molecule has 0 aromatic carbocycles. The zero-order valence-corrected chi connectivity index (χ0v) is 3.06. The van der Waals surface area contributed by atoms with E-state index in [0.29, 0.717) is 0 Å². The van der Waals surface area contributed by atoms with Gasteiger partial charge in [0.1, 0.15) is 0 Å². The molecule has 0 amide bonds. The summed E-state index contributed by atoms with van der Waals surface area (Å²) in [6.07, 6.45) is 0. The zero-order valence-electron chi connectivity index (χ0n) is 1.50. The molecule has 0 rings (SSSR count). The van der Waals surface area contributed by atoms with E-state index in [1.165, 1.54) is 0 Å². The molecule has 0 fully saturated rings. The first kappa shape index (κ1) is 45.3. The maximum Gasteiger partial charge on any atom is 0 e. The van der Waals surface area contributed by atoms with Crippen molar-refractivity contribution in [1.82, 2.24) is 0 Å². The summed E-state index contributed by atoms with van der Waals surface area (Å²) in [6.45, 7) is 0. The Kier molecular flexibility index (Phi) is 260. The summed E-state index contributed by atoms with van der Waals surface area (Å²) in [5.74, 6) is 0. The van der Waals surface area contributed by atoms with Crippen LogP contribution in [0.25, 0.3) is 0 Å². The van der Waals surface area contributed by atoms with Crippen LogP contribution in [0.5, 0.6) is 0 Å². The summed E-state index contributed by atoms with van der Waals surface area (Å²) in [5.41, 5.74) is 0. The van der Waals surface area contributed by atoms with Gasteiger partial charge in [-0.3, -0.25) is 0 Å². The molecular formula is H5NaO2Ti. The van der Waals surface area contributed by atoms with Gasteiger partial charge in [-0.2, -0.15) is 0 Å². The minimum absolute atomic E-state index is 0. The second-order valence-corrected chi connectivity index (χ2v) is 0. The summed E-state index contributed by atoms with van der Waals surface area (Å²) >= 11 is 0. The topological polar surface area (TPSA) is 63.0 Å². The Morgan fingerprint density at radius 2 is 0.750 bits per heavy atom. The van der Waals surface area contributed by atoms with Crippen LogP contribution >= 0.6 is 0 Å². The van der Waals surface area contributed by atoms with E-state index in [1.807, 2.05) is 0 Å². The predicted molar refractivity (Wildman–Crippen MR) is 14.4 cm³/mol. The standard InChI is InChI=1S/Na.2H2O.Ti.H/h;2*1H2;;. The molecule has 0 aliphatic rings. The molecule has 0 saturated carbocycles. The molecule has 0 aliphatic carbocycles. The first-order valence-electron chi connectivity index (χ1n) is 0. The van der Waals surface area contributed by atoms with Gasteiger partial charge in [0.25, 0.3) is 0 Å². The van der Waals surface area contributed by atoms with Gasteiger partial charge in [0.05, 0.1) is 0 Å². The molecule has 2 nitrogen and oxygen atoms in total. The van der Waals surface area contributed by atoms with E-state index in [1.54, 1.807) is 0 Å². The van der Waals surface area contributed by atoms with Gasteiger partial charge in [0.2, 0.25) is 0 Å². The van der Waals surface area contributed by atoms with Crippen LogP contribution in [0.2, 0.25) is 0 Å². The monoisotopic (exact) mass is 108 g/mol. The summed E-state index contributed by atoms with van der Waals surface area (Å²) in [4.78, 5) is 0. The third kappa shape index (κ3) is 9.44. The van der Waals surface area contributed by atoms with Crippen molar-refractivity contribution < 1.29 is 32.7 Å². The first-order valence-corrected chi connectivity index (χ1v) is 0. The molecule has 0 radical (unpaired) electrons. The van der Waals surface area contributed by atoms with Gasteiger partial charge in [-0.25, -0.2) is 0 Å². The normalized spacial score (nSPS) is 0. The third-order valence-electron chi connectivity index (χ3n) is 0. The molecule has 0 heterocycles. The average Bonchev–Trinajstić information content (AvgIpc) is 0. The molecule has 0 aliphatic heterocycles. The largest absolute Gasteiger partial charge is 0 e. The van der Waals surface area contributed by atoms with Crippen LogP contribution < -0.4 is 0 Å². The molecule has 0 aromatic rings. The van der Waals surface area contributed by atoms with Crippen molar-refractivity contribution in [2.75, 3.05) is 0 Å². The second kappa shape index (κ2) is 22.9. The molecule has 4 heteroatoms. The Morgan fingerprint density at radius 1 is 0.750 bits per heavy atom. The summed E-state index contributed by atoms with van der Waals surface area (Å²) in [5, 5.41) is 0. The SMILES string of the molecule is O.O.[NaH].[Ti]. The maximum atomic E-state index is 0. The van der Waals surface area contributed by atoms with Crippen molar-refractivity contribution in [3.8, 4) is 0 Å². The fraction of sp³-hybridized carbons (Fsp3) is 0. The molecule has 0 unspecified atom stereocenters. The van der Waals surface area contributed by atoms with Crippen LogP contribution in [-0.2, 0) is 21.7 Å². The summed E-state index contributed by atoms with van der Waals surface area (Å²) in [6, 6.07) is 0. The second-order valence-electron chi connectivity index (χ2n) is 0. The van der Waals surface area contributed by atoms with Crippen molar-refractivity contribution in [2.45, 2.75) is 0 Å². The van der Waals surface area contributed by atoms with E-state index in [9.17, 15) is 0 Å². The number of hydrogen-bond acceptors (Lipinski definition) is 0. The molecule has 4 heavy (non-hydrogen) atoms. The van der Waals surface area contributed by atoms with Crippen LogP contribution in [0.15, 0.2) is 0 Å². The van der Waals surface area contributed by atoms with Crippen LogP contribution in [0.4, 0.5) is 0 Å². The molecule has 0 spiro atoms. The van der Waals surface area contributed by atoms with E-state index in [2.05, 4.69) is 0 Å². The van der Waals surface area contributed by atoms with Crippen LogP contribution in [0.1, 0.15) is 0 Å². The molecule has 0 aromatic heterocycles. The number of rotatable bonds is 0. The van der Waals surface area contributed by atoms with E-state index in [0.717, 1.165) is 0 Å². The minimum Gasteiger partial charge on any atom is 0 e. The van der Waals surface area contributed by atoms with Gasteiger partial charge in [-0.15, -0.1) is 0 Å². The van der Waals surface area contributed by atoms with Crippen molar-refractivity contribution in [3.63, 3.8) is 0 Å². The molecule has 0 atom stereocenters. The van der Waals surface area contributed by atoms with Gasteiger partial charge in [0.15, 0.2) is 0 Å². The Labute approximate surface area is 61.7 Å². The smallest absolute Gasteiger partial charge is 0 e. The van der Waals surface area contributed by atoms with Gasteiger partial charge in [0, 0.05) is 21.7 Å². The van der Waals surface area contributed by atoms with Crippen molar-refractivity contribution in [3.05, 3.63) is 0 Å². The van der Waals surface area contributed by atoms with E-state index < -0.39 is 0 Å². The molecule has 0 bridgehead atoms. The van der Waals surface area contributed by atoms with Crippen molar-refractivity contribution >= 4 is 29.6 Å². The maximum absolute atomic E-state index is 0. The van der Waals surface area contributed by atoms with Crippen LogP contribution in [0, 0.1) is 0 Å². The Morgan fingerprint density at radius 3 is 0.750 bits per heavy atom.